The lowest BCUT2D eigenvalue weighted by atomic mass is 9.92. The predicted octanol–water partition coefficient (Wildman–Crippen LogP) is 13.7. The summed E-state index contributed by atoms with van der Waals surface area (Å²) in [5.74, 6) is 3.15. The molecule has 0 radical (unpaired) electrons. The van der Waals surface area contributed by atoms with Gasteiger partial charge < -0.3 is 9.47 Å². The maximum absolute atomic E-state index is 6.65. The first-order valence-electron chi connectivity index (χ1n) is 17.3. The lowest BCUT2D eigenvalue weighted by Crippen LogP contribution is -2.20. The third kappa shape index (κ3) is 4.98. The van der Waals surface area contributed by atoms with Crippen molar-refractivity contribution in [3.8, 4) is 78.6 Å². The van der Waals surface area contributed by atoms with Crippen LogP contribution in [0.4, 0.5) is 17.1 Å². The molecule has 0 bridgehead atoms. The van der Waals surface area contributed by atoms with Gasteiger partial charge in [-0.25, -0.2) is 0 Å². The monoisotopic (exact) mass is 653 g/mol. The normalized spacial score (nSPS) is 12.2. The van der Waals surface area contributed by atoms with Gasteiger partial charge in [0.15, 0.2) is 23.0 Å². The molecule has 0 fully saturated rings. The lowest BCUT2D eigenvalue weighted by Gasteiger charge is -2.38. The summed E-state index contributed by atoms with van der Waals surface area (Å²) in [6.07, 6.45) is 0. The van der Waals surface area contributed by atoms with Crippen molar-refractivity contribution < 1.29 is 9.47 Å². The van der Waals surface area contributed by atoms with E-state index in [2.05, 4.69) is 175 Å². The Morgan fingerprint density at radius 2 is 0.647 bits per heavy atom. The van der Waals surface area contributed by atoms with Crippen molar-refractivity contribution >= 4 is 17.1 Å². The Kier molecular flexibility index (Phi) is 6.81. The van der Waals surface area contributed by atoms with Crippen LogP contribution in [0.25, 0.3) is 55.6 Å². The van der Waals surface area contributed by atoms with Crippen LogP contribution in [0.2, 0.25) is 0 Å². The molecule has 51 heavy (non-hydrogen) atoms. The van der Waals surface area contributed by atoms with E-state index in [4.69, 9.17) is 9.47 Å². The average Bonchev–Trinajstić information content (AvgIpc) is 3.21. The summed E-state index contributed by atoms with van der Waals surface area (Å²) in [7, 11) is 0. The summed E-state index contributed by atoms with van der Waals surface area (Å²) < 4.78 is 13.3. The molecule has 0 saturated carbocycles. The van der Waals surface area contributed by atoms with E-state index in [1.165, 1.54) is 33.4 Å². The highest BCUT2D eigenvalue weighted by Gasteiger charge is 2.35. The van der Waals surface area contributed by atoms with Gasteiger partial charge in [0.25, 0.3) is 0 Å². The molecule has 0 aliphatic carbocycles. The molecule has 0 atom stereocenters. The van der Waals surface area contributed by atoms with E-state index in [0.717, 1.165) is 62.3 Å². The molecule has 3 nitrogen and oxygen atoms in total. The van der Waals surface area contributed by atoms with Crippen LogP contribution in [0.1, 0.15) is 0 Å². The number of hydrogen-bond donors (Lipinski definition) is 0. The number of hydrogen-bond acceptors (Lipinski definition) is 3. The van der Waals surface area contributed by atoms with E-state index in [9.17, 15) is 0 Å². The number of benzene rings is 8. The highest BCUT2D eigenvalue weighted by atomic mass is 16.5. The van der Waals surface area contributed by atoms with Crippen LogP contribution in [0.15, 0.2) is 188 Å². The summed E-state index contributed by atoms with van der Waals surface area (Å²) in [5, 5.41) is 0. The second-order valence-corrected chi connectivity index (χ2v) is 12.9. The molecule has 2 heterocycles. The Labute approximate surface area is 297 Å². The average molecular weight is 654 g/mol. The molecule has 2 aliphatic heterocycles. The van der Waals surface area contributed by atoms with Crippen molar-refractivity contribution in [1.29, 1.82) is 0 Å². The molecule has 10 rings (SSSR count). The third-order valence-electron chi connectivity index (χ3n) is 9.89. The Balaban J connectivity index is 1.04. The first-order valence-corrected chi connectivity index (χ1v) is 17.3. The van der Waals surface area contributed by atoms with Gasteiger partial charge >= 0.3 is 0 Å². The first-order chi connectivity index (χ1) is 25.3. The molecule has 0 saturated heterocycles. The minimum atomic E-state index is 0.770. The van der Waals surface area contributed by atoms with Crippen molar-refractivity contribution in [1.82, 2.24) is 0 Å². The summed E-state index contributed by atoms with van der Waals surface area (Å²) in [4.78, 5) is 2.28. The SMILES string of the molecule is c1ccc(-c2ccc(-c3ccccc3-c3ccc4c(c3)Oc3cccc5c3N4c3ccc(-c4ccccc4-c4ccccc4)cc3O5)cc2)cc1. The molecule has 8 aromatic rings. The molecule has 0 unspecified atom stereocenters. The van der Waals surface area contributed by atoms with E-state index in [0.29, 0.717) is 0 Å². The van der Waals surface area contributed by atoms with E-state index < -0.39 is 0 Å². The molecule has 0 N–H and O–H groups in total. The first kappa shape index (κ1) is 29.1. The molecular formula is C48H31NO2. The number of rotatable bonds is 5. The largest absolute Gasteiger partial charge is 0.453 e. The van der Waals surface area contributed by atoms with Crippen LogP contribution in [-0.2, 0) is 0 Å². The maximum Gasteiger partial charge on any atom is 0.155 e. The van der Waals surface area contributed by atoms with E-state index in [-0.39, 0.29) is 0 Å². The molecule has 0 amide bonds. The number of fused-ring (bicyclic) bond motifs is 4. The van der Waals surface area contributed by atoms with Gasteiger partial charge in [0.05, 0.1) is 11.4 Å². The molecular weight excluding hydrogens is 623 g/mol. The van der Waals surface area contributed by atoms with Crippen molar-refractivity contribution in [3.05, 3.63) is 188 Å². The smallest absolute Gasteiger partial charge is 0.155 e. The quantitative estimate of drug-likeness (QED) is 0.184. The second-order valence-electron chi connectivity index (χ2n) is 12.9. The molecule has 3 heteroatoms. The fourth-order valence-electron chi connectivity index (χ4n) is 7.45. The van der Waals surface area contributed by atoms with Gasteiger partial charge in [-0.05, 0) is 92.0 Å². The van der Waals surface area contributed by atoms with Gasteiger partial charge in [0, 0.05) is 0 Å². The molecule has 0 aromatic heterocycles. The topological polar surface area (TPSA) is 21.7 Å². The minimum absolute atomic E-state index is 0.770. The van der Waals surface area contributed by atoms with E-state index >= 15 is 0 Å². The summed E-state index contributed by atoms with van der Waals surface area (Å²) >= 11 is 0. The number of ether oxygens (including phenoxy) is 2. The van der Waals surface area contributed by atoms with Crippen LogP contribution in [0.5, 0.6) is 23.0 Å². The van der Waals surface area contributed by atoms with Crippen molar-refractivity contribution in [2.75, 3.05) is 4.90 Å². The Morgan fingerprint density at radius 3 is 1.16 bits per heavy atom. The Hall–Kier alpha value is -6.84. The fraction of sp³-hybridized carbons (Fsp3) is 0. The molecule has 240 valence electrons. The van der Waals surface area contributed by atoms with Gasteiger partial charge in [0.1, 0.15) is 5.69 Å². The maximum atomic E-state index is 6.65. The predicted molar refractivity (Wildman–Crippen MR) is 208 cm³/mol. The van der Waals surface area contributed by atoms with Gasteiger partial charge in [-0.1, -0.05) is 152 Å². The van der Waals surface area contributed by atoms with Gasteiger partial charge in [-0.3, -0.25) is 4.90 Å². The highest BCUT2D eigenvalue weighted by Crippen LogP contribution is 2.60. The summed E-state index contributed by atoms with van der Waals surface area (Å²) in [5.41, 5.74) is 14.5. The van der Waals surface area contributed by atoms with Gasteiger partial charge in [-0.2, -0.15) is 0 Å². The third-order valence-corrected chi connectivity index (χ3v) is 9.89. The van der Waals surface area contributed by atoms with Crippen LogP contribution in [0, 0.1) is 0 Å². The van der Waals surface area contributed by atoms with Crippen LogP contribution >= 0.6 is 0 Å². The molecule has 8 aromatic carbocycles. The fourth-order valence-corrected chi connectivity index (χ4v) is 7.45. The molecule has 0 spiro atoms. The standard InChI is InChI=1S/C48H31NO2/c1-3-12-32(13-4-1)33-22-24-35(25-23-33)39-17-8-10-19-41(39)37-27-29-43-47(31-37)51-45-21-11-20-44-48(45)49(43)42-28-26-36(30-46(42)50-44)40-18-9-7-16-38(40)34-14-5-2-6-15-34/h1-31H. The van der Waals surface area contributed by atoms with Crippen molar-refractivity contribution in [2.45, 2.75) is 0 Å². The molecule has 2 aliphatic rings. The Bertz CT molecular complexity index is 2580. The van der Waals surface area contributed by atoms with Crippen LogP contribution in [0.3, 0.4) is 0 Å². The Morgan fingerprint density at radius 1 is 0.275 bits per heavy atom. The van der Waals surface area contributed by atoms with Crippen molar-refractivity contribution in [3.63, 3.8) is 0 Å². The van der Waals surface area contributed by atoms with E-state index in [1.807, 2.05) is 18.2 Å². The minimum Gasteiger partial charge on any atom is -0.453 e. The zero-order valence-electron chi connectivity index (χ0n) is 27.7. The van der Waals surface area contributed by atoms with Crippen LogP contribution in [-0.4, -0.2) is 0 Å². The zero-order valence-corrected chi connectivity index (χ0v) is 27.7. The number of para-hydroxylation sites is 1. The second kappa shape index (κ2) is 11.9. The number of anilines is 3. The summed E-state index contributed by atoms with van der Waals surface area (Å²) in [6.45, 7) is 0. The van der Waals surface area contributed by atoms with Crippen LogP contribution < -0.4 is 14.4 Å². The van der Waals surface area contributed by atoms with E-state index in [1.54, 1.807) is 0 Å². The zero-order chi connectivity index (χ0) is 33.7. The number of nitrogens with zero attached hydrogens (tertiary/aromatic N) is 1. The lowest BCUT2D eigenvalue weighted by molar-refractivity contribution is 0.446. The van der Waals surface area contributed by atoms with Gasteiger partial charge in [0.2, 0.25) is 0 Å². The van der Waals surface area contributed by atoms with Gasteiger partial charge in [-0.15, -0.1) is 0 Å². The highest BCUT2D eigenvalue weighted by molar-refractivity contribution is 5.96. The summed E-state index contributed by atoms with van der Waals surface area (Å²) in [6, 6.07) is 66.1. The van der Waals surface area contributed by atoms with Crippen molar-refractivity contribution in [2.24, 2.45) is 0 Å².